The average Bonchev–Trinajstić information content (AvgIpc) is 2.72. The molecule has 8 heteroatoms. The summed E-state index contributed by atoms with van der Waals surface area (Å²) in [5, 5.41) is 20.0. The quantitative estimate of drug-likeness (QED) is 0.482. The zero-order valence-electron chi connectivity index (χ0n) is 16.7. The minimum absolute atomic E-state index is 0.104. The number of ether oxygens (including phenoxy) is 3. The second kappa shape index (κ2) is 10.3. The van der Waals surface area contributed by atoms with Gasteiger partial charge in [-0.25, -0.2) is 0 Å². The van der Waals surface area contributed by atoms with Crippen LogP contribution in [-0.4, -0.2) is 42.4 Å². The summed E-state index contributed by atoms with van der Waals surface area (Å²) in [6, 6.07) is 8.67. The summed E-state index contributed by atoms with van der Waals surface area (Å²) in [5.41, 5.74) is -0.793. The molecule has 0 fully saturated rings. The van der Waals surface area contributed by atoms with Gasteiger partial charge in [-0.1, -0.05) is 12.1 Å². The number of hydrogen-bond donors (Lipinski definition) is 1. The number of rotatable bonds is 10. The van der Waals surface area contributed by atoms with Crippen molar-refractivity contribution < 1.29 is 24.1 Å². The molecule has 1 heterocycles. The monoisotopic (exact) mass is 400 g/mol. The molecule has 154 valence electrons. The zero-order chi connectivity index (χ0) is 21.4. The van der Waals surface area contributed by atoms with Crippen molar-refractivity contribution in [3.05, 3.63) is 51.3 Å². The molecule has 0 atom stereocenters. The summed E-state index contributed by atoms with van der Waals surface area (Å²) < 4.78 is 17.0. The molecule has 0 spiro atoms. The molecule has 0 aliphatic heterocycles. The number of para-hydroxylation sites is 2. The van der Waals surface area contributed by atoms with E-state index < -0.39 is 23.8 Å². The Balaban J connectivity index is 2.34. The van der Waals surface area contributed by atoms with Gasteiger partial charge in [-0.15, -0.1) is 0 Å². The Morgan fingerprint density at radius 3 is 2.59 bits per heavy atom. The number of aromatic nitrogens is 1. The number of carbonyl (C=O) groups excluding carboxylic acids is 1. The van der Waals surface area contributed by atoms with Crippen molar-refractivity contribution in [2.45, 2.75) is 26.8 Å². The predicted octanol–water partition coefficient (Wildman–Crippen LogP) is 2.43. The Bertz CT molecular complexity index is 974. The molecule has 29 heavy (non-hydrogen) atoms. The molecule has 2 rings (SSSR count). The smallest absolute Gasteiger partial charge is 0.271 e. The van der Waals surface area contributed by atoms with E-state index >= 15 is 0 Å². The van der Waals surface area contributed by atoms with Gasteiger partial charge >= 0.3 is 0 Å². The number of carbonyl (C=O) groups is 1. The third-order valence-corrected chi connectivity index (χ3v) is 4.38. The third-order valence-electron chi connectivity index (χ3n) is 4.38. The molecule has 1 N–H and O–H groups in total. The second-order valence-electron chi connectivity index (χ2n) is 6.18. The van der Waals surface area contributed by atoms with Gasteiger partial charge in [0, 0.05) is 19.8 Å². The summed E-state index contributed by atoms with van der Waals surface area (Å²) in [4.78, 5) is 25.3. The molecule has 1 aromatic heterocycles. The fourth-order valence-electron chi connectivity index (χ4n) is 2.91. The lowest BCUT2D eigenvalue weighted by atomic mass is 10.0. The second-order valence-corrected chi connectivity index (χ2v) is 6.18. The van der Waals surface area contributed by atoms with E-state index in [1.54, 1.807) is 24.3 Å². The molecule has 0 bridgehead atoms. The Labute approximate surface area is 168 Å². The van der Waals surface area contributed by atoms with Crippen molar-refractivity contribution in [3.8, 4) is 23.4 Å². The number of nitriles is 1. The maximum absolute atomic E-state index is 12.8. The van der Waals surface area contributed by atoms with E-state index in [-0.39, 0.29) is 23.2 Å². The first-order chi connectivity index (χ1) is 14.0. The maximum atomic E-state index is 12.8. The molecule has 8 nitrogen and oxygen atoms in total. The van der Waals surface area contributed by atoms with Crippen molar-refractivity contribution in [3.63, 3.8) is 0 Å². The number of nitrogens with zero attached hydrogens (tertiary/aromatic N) is 2. The Morgan fingerprint density at radius 2 is 1.97 bits per heavy atom. The molecule has 0 saturated heterocycles. The lowest BCUT2D eigenvalue weighted by Gasteiger charge is -2.16. The SMILES string of the molecule is CCOCCCn1c(O)c(C(=O)COc2ccccc2OC)c(C)c(C#N)c1=O. The lowest BCUT2D eigenvalue weighted by molar-refractivity contribution is 0.0914. The van der Waals surface area contributed by atoms with Crippen LogP contribution < -0.4 is 15.0 Å². The van der Waals surface area contributed by atoms with E-state index in [1.165, 1.54) is 14.0 Å². The molecule has 0 aliphatic rings. The number of benzene rings is 1. The van der Waals surface area contributed by atoms with Gasteiger partial charge in [0.2, 0.25) is 11.7 Å². The van der Waals surface area contributed by atoms with E-state index in [0.29, 0.717) is 31.1 Å². The summed E-state index contributed by atoms with van der Waals surface area (Å²) in [7, 11) is 1.48. The Morgan fingerprint density at radius 1 is 1.28 bits per heavy atom. The predicted molar refractivity (Wildman–Crippen MR) is 106 cm³/mol. The van der Waals surface area contributed by atoms with Crippen molar-refractivity contribution in [2.24, 2.45) is 0 Å². The minimum Gasteiger partial charge on any atom is -0.494 e. The molecule has 0 saturated carbocycles. The third kappa shape index (κ3) is 4.95. The molecule has 0 amide bonds. The first-order valence-corrected chi connectivity index (χ1v) is 9.19. The van der Waals surface area contributed by atoms with Gasteiger partial charge in [-0.3, -0.25) is 14.2 Å². The fraction of sp³-hybridized carbons (Fsp3) is 0.381. The molecular formula is C21H24N2O6. The molecule has 1 aromatic carbocycles. The number of aromatic hydroxyl groups is 1. The highest BCUT2D eigenvalue weighted by Gasteiger charge is 2.24. The van der Waals surface area contributed by atoms with E-state index in [2.05, 4.69) is 0 Å². The maximum Gasteiger partial charge on any atom is 0.271 e. The van der Waals surface area contributed by atoms with Crippen LogP contribution >= 0.6 is 0 Å². The molecule has 0 radical (unpaired) electrons. The van der Waals surface area contributed by atoms with Crippen LogP contribution in [0.3, 0.4) is 0 Å². The van der Waals surface area contributed by atoms with E-state index in [9.17, 15) is 20.0 Å². The summed E-state index contributed by atoms with van der Waals surface area (Å²) >= 11 is 0. The molecule has 2 aromatic rings. The first kappa shape index (κ1) is 22.0. The first-order valence-electron chi connectivity index (χ1n) is 9.19. The van der Waals surface area contributed by atoms with Gasteiger partial charge in [0.25, 0.3) is 5.56 Å². The zero-order valence-corrected chi connectivity index (χ0v) is 16.7. The number of hydrogen-bond acceptors (Lipinski definition) is 7. The van der Waals surface area contributed by atoms with Crippen LogP contribution in [0.2, 0.25) is 0 Å². The van der Waals surface area contributed by atoms with Crippen LogP contribution in [0.25, 0.3) is 0 Å². The topological polar surface area (TPSA) is 111 Å². The molecule has 0 unspecified atom stereocenters. The normalized spacial score (nSPS) is 10.4. The molecule has 0 aliphatic carbocycles. The van der Waals surface area contributed by atoms with E-state index in [4.69, 9.17) is 14.2 Å². The fourth-order valence-corrected chi connectivity index (χ4v) is 2.91. The van der Waals surface area contributed by atoms with Crippen molar-refractivity contribution >= 4 is 5.78 Å². The van der Waals surface area contributed by atoms with Crippen molar-refractivity contribution in [1.82, 2.24) is 4.57 Å². The minimum atomic E-state index is -0.638. The number of pyridine rings is 1. The molecular weight excluding hydrogens is 376 g/mol. The van der Waals surface area contributed by atoms with Gasteiger partial charge < -0.3 is 19.3 Å². The highest BCUT2D eigenvalue weighted by Crippen LogP contribution is 2.27. The highest BCUT2D eigenvalue weighted by atomic mass is 16.5. The van der Waals surface area contributed by atoms with E-state index in [0.717, 1.165) is 4.57 Å². The van der Waals surface area contributed by atoms with Crippen LogP contribution in [0.15, 0.2) is 29.1 Å². The summed E-state index contributed by atoms with van der Waals surface area (Å²) in [6.07, 6.45) is 0.445. The standard InChI is InChI=1S/C21H24N2O6/c1-4-28-11-7-10-23-20(25)15(12-22)14(2)19(21(23)26)16(24)13-29-18-9-6-5-8-17(18)27-3/h5-6,8-9,26H,4,7,10-11,13H2,1-3H3. The van der Waals surface area contributed by atoms with Gasteiger partial charge in [0.15, 0.2) is 18.1 Å². The van der Waals surface area contributed by atoms with Gasteiger partial charge in [0.05, 0.1) is 12.7 Å². The largest absolute Gasteiger partial charge is 0.494 e. The van der Waals surface area contributed by atoms with Crippen LogP contribution in [0.5, 0.6) is 17.4 Å². The summed E-state index contributed by atoms with van der Waals surface area (Å²) in [5.74, 6) is -0.205. The number of Topliss-reactive ketones (excluding diaryl/α,β-unsaturated/α-hetero) is 1. The average molecular weight is 400 g/mol. The van der Waals surface area contributed by atoms with Gasteiger partial charge in [-0.2, -0.15) is 5.26 Å². The van der Waals surface area contributed by atoms with Crippen molar-refractivity contribution in [1.29, 1.82) is 5.26 Å². The van der Waals surface area contributed by atoms with Crippen molar-refractivity contribution in [2.75, 3.05) is 26.9 Å². The van der Waals surface area contributed by atoms with Gasteiger partial charge in [-0.05, 0) is 38.0 Å². The van der Waals surface area contributed by atoms with E-state index in [1.807, 2.05) is 13.0 Å². The number of ketones is 1. The van der Waals surface area contributed by atoms with Crippen LogP contribution in [0.1, 0.15) is 34.8 Å². The Kier molecular flexibility index (Phi) is 7.80. The summed E-state index contributed by atoms with van der Waals surface area (Å²) in [6.45, 7) is 3.95. The highest BCUT2D eigenvalue weighted by molar-refractivity contribution is 6.01. The van der Waals surface area contributed by atoms with Crippen LogP contribution in [-0.2, 0) is 11.3 Å². The van der Waals surface area contributed by atoms with Gasteiger partial charge in [0.1, 0.15) is 11.6 Å². The number of methoxy groups -OCH3 is 1. The lowest BCUT2D eigenvalue weighted by Crippen LogP contribution is -2.28. The van der Waals surface area contributed by atoms with Crippen LogP contribution in [0, 0.1) is 18.3 Å². The van der Waals surface area contributed by atoms with Crippen LogP contribution in [0.4, 0.5) is 0 Å². The Hall–Kier alpha value is -3.31.